The van der Waals surface area contributed by atoms with E-state index in [9.17, 15) is 0 Å². The van der Waals surface area contributed by atoms with Crippen molar-refractivity contribution in [2.45, 2.75) is 5.41 Å². The van der Waals surface area contributed by atoms with Gasteiger partial charge >= 0.3 is 0 Å². The summed E-state index contributed by atoms with van der Waals surface area (Å²) in [6.45, 7) is 0. The van der Waals surface area contributed by atoms with Gasteiger partial charge in [-0.3, -0.25) is 0 Å². The molecule has 10 aromatic rings. The molecule has 260 valence electrons. The van der Waals surface area contributed by atoms with Crippen LogP contribution in [-0.4, -0.2) is 15.0 Å². The Hall–Kier alpha value is -7.01. The zero-order valence-corrected chi connectivity index (χ0v) is 31.0. The fourth-order valence-corrected chi connectivity index (χ4v) is 10.8. The molecule has 1 spiro atoms. The molecule has 4 heteroatoms. The highest BCUT2D eigenvalue weighted by Gasteiger charge is 2.53. The first-order chi connectivity index (χ1) is 27.8. The van der Waals surface area contributed by atoms with Crippen LogP contribution in [0.4, 0.5) is 0 Å². The van der Waals surface area contributed by atoms with E-state index in [2.05, 4.69) is 170 Å². The number of rotatable bonds is 4. The van der Waals surface area contributed by atoms with Crippen molar-refractivity contribution < 1.29 is 0 Å². The number of fused-ring (bicyclic) bond motifs is 13. The SMILES string of the molecule is c1ccc(-c2nc(-c3ccc4ccccc4c3)nc(-c3ccccc3-c3ccc4c(c3)C3(c5ccccc5-c5ccccc53)c3sc5ccccc5c3-4)n2)cc1. The highest BCUT2D eigenvalue weighted by atomic mass is 32.1. The molecular formula is C52H31N3S. The molecule has 0 N–H and O–H groups in total. The smallest absolute Gasteiger partial charge is 0.164 e. The van der Waals surface area contributed by atoms with E-state index in [1.54, 1.807) is 0 Å². The fraction of sp³-hybridized carbons (Fsp3) is 0.0192. The maximum absolute atomic E-state index is 5.23. The summed E-state index contributed by atoms with van der Waals surface area (Å²) in [5, 5.41) is 3.65. The lowest BCUT2D eigenvalue weighted by atomic mass is 9.73. The van der Waals surface area contributed by atoms with Crippen molar-refractivity contribution in [1.82, 2.24) is 15.0 Å². The molecule has 0 radical (unpaired) electrons. The van der Waals surface area contributed by atoms with Gasteiger partial charge in [0.2, 0.25) is 0 Å². The fourth-order valence-electron chi connectivity index (χ4n) is 9.31. The van der Waals surface area contributed by atoms with Crippen molar-refractivity contribution in [3.8, 4) is 67.5 Å². The third-order valence-electron chi connectivity index (χ3n) is 11.7. The van der Waals surface area contributed by atoms with E-state index in [0.717, 1.165) is 33.2 Å². The molecule has 2 aliphatic carbocycles. The van der Waals surface area contributed by atoms with Crippen LogP contribution in [0.25, 0.3) is 88.4 Å². The average molecular weight is 730 g/mol. The minimum absolute atomic E-state index is 0.427. The first-order valence-corrected chi connectivity index (χ1v) is 19.8. The lowest BCUT2D eigenvalue weighted by Crippen LogP contribution is -2.24. The van der Waals surface area contributed by atoms with Crippen LogP contribution in [0.1, 0.15) is 21.6 Å². The largest absolute Gasteiger partial charge is 0.208 e. The molecule has 8 aromatic carbocycles. The second-order valence-electron chi connectivity index (χ2n) is 14.7. The van der Waals surface area contributed by atoms with Crippen molar-refractivity contribution in [1.29, 1.82) is 0 Å². The van der Waals surface area contributed by atoms with E-state index in [-0.39, 0.29) is 0 Å². The molecule has 0 bridgehead atoms. The van der Waals surface area contributed by atoms with E-state index in [1.807, 2.05) is 29.5 Å². The molecule has 2 aliphatic rings. The molecule has 2 heterocycles. The van der Waals surface area contributed by atoms with Crippen molar-refractivity contribution in [2.75, 3.05) is 0 Å². The summed E-state index contributed by atoms with van der Waals surface area (Å²) in [4.78, 5) is 16.9. The van der Waals surface area contributed by atoms with Crippen LogP contribution in [-0.2, 0) is 5.41 Å². The Labute approximate surface area is 328 Å². The van der Waals surface area contributed by atoms with Gasteiger partial charge in [-0.25, -0.2) is 15.0 Å². The summed E-state index contributed by atoms with van der Waals surface area (Å²) >= 11 is 1.94. The van der Waals surface area contributed by atoms with Gasteiger partial charge in [-0.05, 0) is 73.5 Å². The summed E-state index contributed by atoms with van der Waals surface area (Å²) < 4.78 is 1.32. The molecule has 0 saturated carbocycles. The number of hydrogen-bond acceptors (Lipinski definition) is 4. The van der Waals surface area contributed by atoms with Gasteiger partial charge in [0.15, 0.2) is 17.5 Å². The number of aromatic nitrogens is 3. The van der Waals surface area contributed by atoms with Crippen molar-refractivity contribution >= 4 is 32.2 Å². The summed E-state index contributed by atoms with van der Waals surface area (Å²) in [6, 6.07) is 67.7. The van der Waals surface area contributed by atoms with Gasteiger partial charge in [0.1, 0.15) is 0 Å². The van der Waals surface area contributed by atoms with Crippen LogP contribution in [0.3, 0.4) is 0 Å². The van der Waals surface area contributed by atoms with Crippen molar-refractivity contribution in [3.63, 3.8) is 0 Å². The number of benzene rings is 8. The van der Waals surface area contributed by atoms with Crippen LogP contribution in [0.5, 0.6) is 0 Å². The van der Waals surface area contributed by atoms with Crippen LogP contribution in [0.15, 0.2) is 188 Å². The first-order valence-electron chi connectivity index (χ1n) is 19.0. The zero-order valence-electron chi connectivity index (χ0n) is 30.1. The van der Waals surface area contributed by atoms with Crippen LogP contribution < -0.4 is 0 Å². The zero-order chi connectivity index (χ0) is 36.8. The lowest BCUT2D eigenvalue weighted by molar-refractivity contribution is 0.812. The van der Waals surface area contributed by atoms with Crippen LogP contribution >= 0.6 is 11.3 Å². The highest BCUT2D eigenvalue weighted by molar-refractivity contribution is 7.20. The Balaban J connectivity index is 1.09. The first kappa shape index (κ1) is 31.4. The van der Waals surface area contributed by atoms with Crippen LogP contribution in [0.2, 0.25) is 0 Å². The number of thiophene rings is 1. The average Bonchev–Trinajstić information content (AvgIpc) is 3.90. The van der Waals surface area contributed by atoms with Crippen molar-refractivity contribution in [2.24, 2.45) is 0 Å². The van der Waals surface area contributed by atoms with Gasteiger partial charge in [0.05, 0.1) is 5.41 Å². The summed E-state index contributed by atoms with van der Waals surface area (Å²) in [6.07, 6.45) is 0. The molecule has 0 unspecified atom stereocenters. The predicted molar refractivity (Wildman–Crippen MR) is 231 cm³/mol. The minimum atomic E-state index is -0.427. The molecule has 0 aliphatic heterocycles. The van der Waals surface area contributed by atoms with Gasteiger partial charge in [0.25, 0.3) is 0 Å². The maximum Gasteiger partial charge on any atom is 0.164 e. The quantitative estimate of drug-likeness (QED) is 0.181. The Morgan fingerprint density at radius 2 is 0.946 bits per heavy atom. The number of nitrogens with zero attached hydrogens (tertiary/aromatic N) is 3. The Bertz CT molecular complexity index is 3170. The molecule has 0 saturated heterocycles. The van der Waals surface area contributed by atoms with Gasteiger partial charge < -0.3 is 0 Å². The molecular weight excluding hydrogens is 699 g/mol. The Morgan fingerprint density at radius 3 is 1.73 bits per heavy atom. The maximum atomic E-state index is 5.23. The predicted octanol–water partition coefficient (Wildman–Crippen LogP) is 13.3. The lowest BCUT2D eigenvalue weighted by Gasteiger charge is -2.29. The molecule has 0 atom stereocenters. The van der Waals surface area contributed by atoms with E-state index < -0.39 is 5.41 Å². The molecule has 0 fully saturated rings. The topological polar surface area (TPSA) is 38.7 Å². The Kier molecular flexibility index (Phi) is 6.72. The third-order valence-corrected chi connectivity index (χ3v) is 13.0. The molecule has 0 amide bonds. The van der Waals surface area contributed by atoms with Gasteiger partial charge in [0, 0.05) is 37.2 Å². The van der Waals surface area contributed by atoms with E-state index >= 15 is 0 Å². The Morgan fingerprint density at radius 1 is 0.357 bits per heavy atom. The molecule has 2 aromatic heterocycles. The normalized spacial score (nSPS) is 13.1. The second kappa shape index (κ2) is 12.0. The van der Waals surface area contributed by atoms with E-state index in [0.29, 0.717) is 17.5 Å². The third kappa shape index (κ3) is 4.42. The minimum Gasteiger partial charge on any atom is -0.208 e. The summed E-state index contributed by atoms with van der Waals surface area (Å²) in [5.41, 5.74) is 14.0. The van der Waals surface area contributed by atoms with Crippen molar-refractivity contribution in [3.05, 3.63) is 210 Å². The summed E-state index contributed by atoms with van der Waals surface area (Å²) in [5.74, 6) is 1.95. The second-order valence-corrected chi connectivity index (χ2v) is 15.7. The van der Waals surface area contributed by atoms with Gasteiger partial charge in [-0.2, -0.15) is 0 Å². The monoisotopic (exact) mass is 729 g/mol. The summed E-state index contributed by atoms with van der Waals surface area (Å²) in [7, 11) is 0. The highest BCUT2D eigenvalue weighted by Crippen LogP contribution is 2.66. The van der Waals surface area contributed by atoms with Gasteiger partial charge in [-0.15, -0.1) is 11.3 Å². The van der Waals surface area contributed by atoms with Gasteiger partial charge in [-0.1, -0.05) is 170 Å². The molecule has 56 heavy (non-hydrogen) atoms. The molecule has 3 nitrogen and oxygen atoms in total. The van der Waals surface area contributed by atoms with E-state index in [4.69, 9.17) is 15.0 Å². The van der Waals surface area contributed by atoms with Crippen LogP contribution in [0, 0.1) is 0 Å². The molecule has 12 rings (SSSR count). The number of hydrogen-bond donors (Lipinski definition) is 0. The van der Waals surface area contributed by atoms with E-state index in [1.165, 1.54) is 59.3 Å². The standard InChI is InChI=1S/C52H31N3S/c1-2-15-33(16-3-1)49-53-50(36-27-26-32-14-4-5-17-34(32)30-36)55-51(54-49)40-21-7-6-18-37(40)35-28-29-41-45(31-35)52(48-47(41)42-22-10-13-25-46(42)56-48)43-23-11-8-19-38(43)39-20-9-12-24-44(39)52/h1-31H.